The Kier molecular flexibility index (Phi) is 14.2. The first-order valence-corrected chi connectivity index (χ1v) is 2.19. The number of hydrogen-bond acceptors (Lipinski definition) is 4. The van der Waals surface area contributed by atoms with Crippen molar-refractivity contribution >= 4 is 45.6 Å². The van der Waals surface area contributed by atoms with Gasteiger partial charge in [-0.3, -0.25) is 0 Å². The Bertz CT molecular complexity index is 57.8. The summed E-state index contributed by atoms with van der Waals surface area (Å²) in [5.41, 5.74) is 0. The fraction of sp³-hybridized carbons (Fsp3) is 0. The molecule has 0 fully saturated rings. The van der Waals surface area contributed by atoms with Crippen LogP contribution in [0.4, 0.5) is 0 Å². The van der Waals surface area contributed by atoms with E-state index < -0.39 is 7.82 Å². The molecule has 0 radical (unpaired) electrons. The molecule has 0 N–H and O–H groups in total. The summed E-state index contributed by atoms with van der Waals surface area (Å²) in [4.78, 5) is 25.6. The minimum absolute atomic E-state index is 0. The summed E-state index contributed by atoms with van der Waals surface area (Å²) < 4.78 is 8.55. The van der Waals surface area contributed by atoms with Crippen molar-refractivity contribution in [3.05, 3.63) is 0 Å². The van der Waals surface area contributed by atoms with Crippen LogP contribution in [-0.4, -0.2) is 37.7 Å². The van der Waals surface area contributed by atoms with Crippen molar-refractivity contribution in [3.8, 4) is 0 Å². The summed E-state index contributed by atoms with van der Waals surface area (Å²) in [7, 11) is -5.39. The topological polar surface area (TPSA) is 86.2 Å². The van der Waals surface area contributed by atoms with Gasteiger partial charge >= 0.3 is 58.8 Å². The predicted octanol–water partition coefficient (Wildman–Crippen LogP) is -3.21. The van der Waals surface area contributed by atoms with Crippen LogP contribution in [-0.2, 0) is 25.6 Å². The SMILES string of the molecule is O=P([O-])([O-])[O-].[Ca+2].[Pt+2]. The minimum Gasteiger partial charge on any atom is -0.822 e. The zero-order valence-electron chi connectivity index (χ0n) is 3.10. The average Bonchev–Trinajstić information content (AvgIpc) is 0.722. The van der Waals surface area contributed by atoms with E-state index in [1.54, 1.807) is 0 Å². The summed E-state index contributed by atoms with van der Waals surface area (Å²) in [5, 5.41) is 0. The standard InChI is InChI=1S/Ca.H3O4P.Pt/c;1-5(2,3)4;/h;(H3,1,2,3,4);/q+2;;+2/p-3. The Morgan fingerprint density at radius 1 is 1.14 bits per heavy atom. The fourth-order valence-electron chi connectivity index (χ4n) is 0. The zero-order chi connectivity index (χ0) is 4.50. The molecular weight excluding hydrogens is 330 g/mol. The third kappa shape index (κ3) is 69.8. The molecule has 0 spiro atoms. The molecule has 0 aliphatic carbocycles. The van der Waals surface area contributed by atoms with Crippen LogP contribution < -0.4 is 14.7 Å². The van der Waals surface area contributed by atoms with E-state index in [0.717, 1.165) is 0 Å². The van der Waals surface area contributed by atoms with Gasteiger partial charge in [-0.2, -0.15) is 7.82 Å². The first-order valence-electron chi connectivity index (χ1n) is 0.730. The van der Waals surface area contributed by atoms with E-state index in [0.29, 0.717) is 0 Å². The van der Waals surface area contributed by atoms with E-state index in [-0.39, 0.29) is 58.8 Å². The summed E-state index contributed by atoms with van der Waals surface area (Å²) in [6.45, 7) is 0. The van der Waals surface area contributed by atoms with Crippen molar-refractivity contribution in [1.82, 2.24) is 0 Å². The molecule has 0 aromatic heterocycles. The average molecular weight is 330 g/mol. The molecule has 7 heteroatoms. The molecule has 0 aliphatic rings. The molecule has 0 aromatic carbocycles. The molecule has 40 valence electrons. The normalized spacial score (nSPS) is 8.43. The maximum Gasteiger partial charge on any atom is 2.00 e. The molecule has 0 rings (SSSR count). The second-order valence-corrected chi connectivity index (χ2v) is 1.34. The van der Waals surface area contributed by atoms with Crippen LogP contribution in [0.2, 0.25) is 0 Å². The van der Waals surface area contributed by atoms with Gasteiger partial charge < -0.3 is 19.2 Å². The zero-order valence-corrected chi connectivity index (χ0v) is 8.48. The molecule has 0 heterocycles. The first-order chi connectivity index (χ1) is 2.00. The number of phosphoric acid groups is 1. The Morgan fingerprint density at radius 2 is 1.14 bits per heavy atom. The van der Waals surface area contributed by atoms with Crippen molar-refractivity contribution in [2.75, 3.05) is 0 Å². The molecule has 4 nitrogen and oxygen atoms in total. The maximum absolute atomic E-state index is 8.55. The van der Waals surface area contributed by atoms with E-state index in [4.69, 9.17) is 19.2 Å². The molecule has 0 aromatic rings. The van der Waals surface area contributed by atoms with Crippen molar-refractivity contribution < 1.29 is 40.3 Å². The second kappa shape index (κ2) is 6.18. The molecular formula is CaO4PPt+. The van der Waals surface area contributed by atoms with Gasteiger partial charge in [-0.15, -0.1) is 0 Å². The van der Waals surface area contributed by atoms with Crippen LogP contribution in [0.3, 0.4) is 0 Å². The van der Waals surface area contributed by atoms with Gasteiger partial charge in [0.25, 0.3) is 0 Å². The third-order valence-corrected chi connectivity index (χ3v) is 0. The van der Waals surface area contributed by atoms with Crippen molar-refractivity contribution in [1.29, 1.82) is 0 Å². The molecule has 0 bridgehead atoms. The van der Waals surface area contributed by atoms with Crippen LogP contribution in [0.15, 0.2) is 0 Å². The first kappa shape index (κ1) is 16.0. The van der Waals surface area contributed by atoms with E-state index in [9.17, 15) is 0 Å². The van der Waals surface area contributed by atoms with E-state index in [2.05, 4.69) is 0 Å². The molecule has 0 saturated heterocycles. The quantitative estimate of drug-likeness (QED) is 0.346. The Labute approximate surface area is 84.8 Å². The van der Waals surface area contributed by atoms with Gasteiger partial charge in [-0.25, -0.2) is 0 Å². The summed E-state index contributed by atoms with van der Waals surface area (Å²) in [6.07, 6.45) is 0. The van der Waals surface area contributed by atoms with Crippen LogP contribution in [0, 0.1) is 0 Å². The Balaban J connectivity index is -0.0000000800. The molecule has 0 atom stereocenters. The summed E-state index contributed by atoms with van der Waals surface area (Å²) >= 11 is 0. The Morgan fingerprint density at radius 3 is 1.14 bits per heavy atom. The van der Waals surface area contributed by atoms with Crippen LogP contribution in [0.1, 0.15) is 0 Å². The molecule has 0 saturated carbocycles. The third-order valence-electron chi connectivity index (χ3n) is 0. The molecule has 7 heavy (non-hydrogen) atoms. The molecule has 0 aliphatic heterocycles. The Hall–Kier alpha value is 2.06. The van der Waals surface area contributed by atoms with E-state index >= 15 is 0 Å². The van der Waals surface area contributed by atoms with Crippen molar-refractivity contribution in [3.63, 3.8) is 0 Å². The van der Waals surface area contributed by atoms with E-state index in [1.165, 1.54) is 0 Å². The second-order valence-electron chi connectivity index (χ2n) is 0.447. The van der Waals surface area contributed by atoms with Gasteiger partial charge in [0.1, 0.15) is 0 Å². The predicted molar refractivity (Wildman–Crippen MR) is 13.4 cm³/mol. The van der Waals surface area contributed by atoms with Crippen molar-refractivity contribution in [2.24, 2.45) is 0 Å². The summed E-state index contributed by atoms with van der Waals surface area (Å²) in [5.74, 6) is 0. The molecule has 0 amide bonds. The number of rotatable bonds is 0. The van der Waals surface area contributed by atoms with Gasteiger partial charge in [-0.05, 0) is 0 Å². The monoisotopic (exact) mass is 330 g/mol. The fourth-order valence-corrected chi connectivity index (χ4v) is 0. The number of hydrogen-bond donors (Lipinski definition) is 0. The maximum atomic E-state index is 8.55. The van der Waals surface area contributed by atoms with Crippen molar-refractivity contribution in [2.45, 2.75) is 0 Å². The van der Waals surface area contributed by atoms with Crippen LogP contribution in [0.25, 0.3) is 0 Å². The van der Waals surface area contributed by atoms with Crippen LogP contribution in [0.5, 0.6) is 0 Å². The largest absolute Gasteiger partial charge is 2.00 e. The van der Waals surface area contributed by atoms with Gasteiger partial charge in [-0.1, -0.05) is 0 Å². The van der Waals surface area contributed by atoms with Gasteiger partial charge in [0, 0.05) is 0 Å². The summed E-state index contributed by atoms with van der Waals surface area (Å²) in [6, 6.07) is 0. The van der Waals surface area contributed by atoms with Crippen LogP contribution >= 0.6 is 7.82 Å². The van der Waals surface area contributed by atoms with Gasteiger partial charge in [0.2, 0.25) is 0 Å². The van der Waals surface area contributed by atoms with E-state index in [1.807, 2.05) is 0 Å². The van der Waals surface area contributed by atoms with Gasteiger partial charge in [0.15, 0.2) is 0 Å². The molecule has 0 unspecified atom stereocenters. The smallest absolute Gasteiger partial charge is 0.822 e. The minimum atomic E-state index is -5.39. The van der Waals surface area contributed by atoms with Gasteiger partial charge in [0.05, 0.1) is 0 Å².